The number of carbonyl (C=O) groups is 3. The van der Waals surface area contributed by atoms with Crippen molar-refractivity contribution in [2.24, 2.45) is 5.92 Å². The summed E-state index contributed by atoms with van der Waals surface area (Å²) in [6.45, 7) is 5.38. The third-order valence-electron chi connectivity index (χ3n) is 3.54. The minimum absolute atomic E-state index is 0.136. The zero-order chi connectivity index (χ0) is 19.0. The summed E-state index contributed by atoms with van der Waals surface area (Å²) in [7, 11) is 0. The Morgan fingerprint density at radius 3 is 2.48 bits per heavy atom. The zero-order valence-electron chi connectivity index (χ0n) is 14.8. The molecule has 25 heavy (non-hydrogen) atoms. The number of aliphatic hydroxyl groups is 1. The lowest BCUT2D eigenvalue weighted by molar-refractivity contribution is -0.144. The van der Waals surface area contributed by atoms with Crippen LogP contribution in [0.3, 0.4) is 0 Å². The first-order valence-corrected chi connectivity index (χ1v) is 8.31. The molecule has 0 aromatic rings. The van der Waals surface area contributed by atoms with Gasteiger partial charge in [-0.2, -0.15) is 0 Å². The predicted octanol–water partition coefficient (Wildman–Crippen LogP) is -0.652. The van der Waals surface area contributed by atoms with Crippen molar-refractivity contribution in [1.29, 1.82) is 0 Å². The standard InChI is InChI=1S/C17H26N2O6/c1-5-7-11(9-20)18-15(21)12(8-10(3)4)19-16(22)13-14(25-13)17(23)24-6-2/h1,10-14,20H,6-9H2,2-4H3,(H,18,21)(H,19,22). The fraction of sp³-hybridized carbons (Fsp3) is 0.706. The number of amides is 2. The first-order valence-electron chi connectivity index (χ1n) is 8.31. The Kier molecular flexibility index (Phi) is 8.38. The molecule has 0 saturated carbocycles. The number of esters is 1. The van der Waals surface area contributed by atoms with Crippen LogP contribution in [0.25, 0.3) is 0 Å². The second-order valence-electron chi connectivity index (χ2n) is 6.22. The third-order valence-corrected chi connectivity index (χ3v) is 3.54. The van der Waals surface area contributed by atoms with Crippen LogP contribution in [0.15, 0.2) is 0 Å². The summed E-state index contributed by atoms with van der Waals surface area (Å²) in [6, 6.07) is -1.39. The first-order chi connectivity index (χ1) is 11.8. The van der Waals surface area contributed by atoms with E-state index >= 15 is 0 Å². The molecule has 1 fully saturated rings. The number of terminal acetylenes is 1. The van der Waals surface area contributed by atoms with Gasteiger partial charge in [0, 0.05) is 6.42 Å². The molecule has 0 aromatic heterocycles. The van der Waals surface area contributed by atoms with E-state index in [2.05, 4.69) is 16.6 Å². The third kappa shape index (κ3) is 6.72. The summed E-state index contributed by atoms with van der Waals surface area (Å²) in [4.78, 5) is 36.1. The van der Waals surface area contributed by atoms with Crippen molar-refractivity contribution in [2.75, 3.05) is 13.2 Å². The zero-order valence-corrected chi connectivity index (χ0v) is 14.8. The normalized spacial score (nSPS) is 21.0. The summed E-state index contributed by atoms with van der Waals surface area (Å²) in [5.41, 5.74) is 0. The van der Waals surface area contributed by atoms with Crippen LogP contribution in [-0.4, -0.2) is 60.4 Å². The topological polar surface area (TPSA) is 117 Å². The van der Waals surface area contributed by atoms with Gasteiger partial charge in [0.15, 0.2) is 12.2 Å². The summed E-state index contributed by atoms with van der Waals surface area (Å²) in [6.07, 6.45) is 3.90. The van der Waals surface area contributed by atoms with Crippen LogP contribution in [0.4, 0.5) is 0 Å². The monoisotopic (exact) mass is 354 g/mol. The first kappa shape index (κ1) is 20.9. The molecule has 8 nitrogen and oxygen atoms in total. The van der Waals surface area contributed by atoms with E-state index in [0.717, 1.165) is 0 Å². The van der Waals surface area contributed by atoms with Crippen molar-refractivity contribution in [1.82, 2.24) is 10.6 Å². The Labute approximate surface area is 147 Å². The van der Waals surface area contributed by atoms with Crippen molar-refractivity contribution in [3.05, 3.63) is 0 Å². The second-order valence-corrected chi connectivity index (χ2v) is 6.22. The highest BCUT2D eigenvalue weighted by Gasteiger charge is 2.52. The maximum Gasteiger partial charge on any atom is 0.338 e. The van der Waals surface area contributed by atoms with Gasteiger partial charge < -0.3 is 25.2 Å². The van der Waals surface area contributed by atoms with Crippen molar-refractivity contribution >= 4 is 17.8 Å². The molecule has 3 N–H and O–H groups in total. The Balaban J connectivity index is 2.64. The fourth-order valence-electron chi connectivity index (χ4n) is 2.28. The fourth-order valence-corrected chi connectivity index (χ4v) is 2.28. The molecule has 1 aliphatic rings. The highest BCUT2D eigenvalue weighted by atomic mass is 16.6. The van der Waals surface area contributed by atoms with Crippen LogP contribution < -0.4 is 10.6 Å². The number of rotatable bonds is 10. The summed E-state index contributed by atoms with van der Waals surface area (Å²) in [5, 5.41) is 14.4. The summed E-state index contributed by atoms with van der Waals surface area (Å²) in [5.74, 6) is 0.925. The number of aliphatic hydroxyl groups excluding tert-OH is 1. The van der Waals surface area contributed by atoms with Crippen LogP contribution >= 0.6 is 0 Å². The predicted molar refractivity (Wildman–Crippen MR) is 89.1 cm³/mol. The van der Waals surface area contributed by atoms with Gasteiger partial charge >= 0.3 is 5.97 Å². The van der Waals surface area contributed by atoms with Crippen molar-refractivity contribution in [3.8, 4) is 12.3 Å². The highest BCUT2D eigenvalue weighted by molar-refractivity contribution is 5.95. The Hall–Kier alpha value is -2.11. The molecule has 0 spiro atoms. The van der Waals surface area contributed by atoms with Gasteiger partial charge in [0.25, 0.3) is 5.91 Å². The molecular formula is C17H26N2O6. The number of ether oxygens (including phenoxy) is 2. The van der Waals surface area contributed by atoms with Crippen molar-refractivity contribution in [3.63, 3.8) is 0 Å². The van der Waals surface area contributed by atoms with Gasteiger partial charge in [-0.25, -0.2) is 4.79 Å². The van der Waals surface area contributed by atoms with Crippen LogP contribution in [0.1, 0.15) is 33.6 Å². The lowest BCUT2D eigenvalue weighted by Gasteiger charge is -2.22. The number of carbonyl (C=O) groups excluding carboxylic acids is 3. The van der Waals surface area contributed by atoms with Crippen LogP contribution in [0.5, 0.6) is 0 Å². The smallest absolute Gasteiger partial charge is 0.338 e. The largest absolute Gasteiger partial charge is 0.464 e. The summed E-state index contributed by atoms with van der Waals surface area (Å²) < 4.78 is 9.82. The lowest BCUT2D eigenvalue weighted by Crippen LogP contribution is -2.52. The van der Waals surface area contributed by atoms with E-state index in [0.29, 0.717) is 6.42 Å². The van der Waals surface area contributed by atoms with E-state index in [1.165, 1.54) is 0 Å². The maximum absolute atomic E-state index is 12.4. The van der Waals surface area contributed by atoms with Gasteiger partial charge in [-0.05, 0) is 19.3 Å². The maximum atomic E-state index is 12.4. The molecule has 0 aromatic carbocycles. The average molecular weight is 354 g/mol. The van der Waals surface area contributed by atoms with Crippen LogP contribution in [0.2, 0.25) is 0 Å². The molecule has 8 heteroatoms. The molecule has 0 radical (unpaired) electrons. The van der Waals surface area contributed by atoms with Gasteiger partial charge in [0.05, 0.1) is 19.3 Å². The van der Waals surface area contributed by atoms with E-state index in [4.69, 9.17) is 15.9 Å². The molecular weight excluding hydrogens is 328 g/mol. The molecule has 140 valence electrons. The minimum Gasteiger partial charge on any atom is -0.464 e. The van der Waals surface area contributed by atoms with E-state index in [1.807, 2.05) is 13.8 Å². The molecule has 0 aliphatic carbocycles. The second kappa shape index (κ2) is 10.0. The number of epoxide rings is 1. The Morgan fingerprint density at radius 2 is 1.96 bits per heavy atom. The molecule has 1 aliphatic heterocycles. The van der Waals surface area contributed by atoms with Gasteiger partial charge in [-0.15, -0.1) is 12.3 Å². The van der Waals surface area contributed by atoms with Crippen molar-refractivity contribution in [2.45, 2.75) is 57.9 Å². The lowest BCUT2D eigenvalue weighted by atomic mass is 10.0. The SMILES string of the molecule is C#CCC(CO)NC(=O)C(CC(C)C)NC(=O)C1OC1C(=O)OCC. The average Bonchev–Trinajstić information content (AvgIpc) is 3.34. The number of hydrogen-bond acceptors (Lipinski definition) is 6. The molecule has 1 heterocycles. The Morgan fingerprint density at radius 1 is 1.28 bits per heavy atom. The van der Waals surface area contributed by atoms with Gasteiger partial charge in [-0.1, -0.05) is 13.8 Å². The molecule has 4 atom stereocenters. The quantitative estimate of drug-likeness (QED) is 0.273. The molecule has 1 rings (SSSR count). The number of hydrogen-bond donors (Lipinski definition) is 3. The van der Waals surface area contributed by atoms with E-state index in [1.54, 1.807) is 6.92 Å². The highest BCUT2D eigenvalue weighted by Crippen LogP contribution is 2.24. The molecule has 2 amide bonds. The van der Waals surface area contributed by atoms with E-state index < -0.39 is 42.1 Å². The van der Waals surface area contributed by atoms with Gasteiger partial charge in [0.2, 0.25) is 5.91 Å². The number of nitrogens with one attached hydrogen (secondary N) is 2. The summed E-state index contributed by atoms with van der Waals surface area (Å²) >= 11 is 0. The van der Waals surface area contributed by atoms with Crippen LogP contribution in [0, 0.1) is 18.3 Å². The van der Waals surface area contributed by atoms with Gasteiger partial charge in [-0.3, -0.25) is 9.59 Å². The van der Waals surface area contributed by atoms with E-state index in [-0.39, 0.29) is 25.6 Å². The molecule has 0 bridgehead atoms. The van der Waals surface area contributed by atoms with E-state index in [9.17, 15) is 19.5 Å². The minimum atomic E-state index is -0.944. The van der Waals surface area contributed by atoms with Crippen molar-refractivity contribution < 1.29 is 29.0 Å². The molecule has 1 saturated heterocycles. The van der Waals surface area contributed by atoms with Crippen LogP contribution in [-0.2, 0) is 23.9 Å². The van der Waals surface area contributed by atoms with Gasteiger partial charge in [0.1, 0.15) is 6.04 Å². The Bertz CT molecular complexity index is 528. The molecule has 4 unspecified atom stereocenters.